The summed E-state index contributed by atoms with van der Waals surface area (Å²) in [4.78, 5) is 22.9. The monoisotopic (exact) mass is 268 g/mol. The molecule has 5 nitrogen and oxygen atoms in total. The first-order chi connectivity index (χ1) is 11.1. The van der Waals surface area contributed by atoms with E-state index in [0.29, 0.717) is 0 Å². The molecule has 0 aliphatic rings. The molecule has 0 amide bonds. The Morgan fingerprint density at radius 3 is 2.63 bits per heavy atom. The molecule has 1 aromatic carbocycles. The number of esters is 1. The largest absolute Gasteiger partial charge is 0.479 e. The maximum atomic E-state index is 11.5. The van der Waals surface area contributed by atoms with Crippen molar-refractivity contribution < 1.29 is 26.3 Å². The summed E-state index contributed by atoms with van der Waals surface area (Å²) in [6.07, 6.45) is 1.02. The van der Waals surface area contributed by atoms with Gasteiger partial charge in [-0.2, -0.15) is 0 Å². The van der Waals surface area contributed by atoms with Gasteiger partial charge in [0.2, 0.25) is 0 Å². The number of ether oxygens (including phenoxy) is 1. The van der Waals surface area contributed by atoms with Gasteiger partial charge in [0.25, 0.3) is 0 Å². The van der Waals surface area contributed by atoms with Gasteiger partial charge in [-0.1, -0.05) is 30.2 Å². The van der Waals surface area contributed by atoms with Gasteiger partial charge in [0, 0.05) is 11.8 Å². The maximum absolute atomic E-state index is 11.5. The van der Waals surface area contributed by atoms with E-state index in [9.17, 15) is 14.7 Å². The molecule has 102 valence electrons. The van der Waals surface area contributed by atoms with Crippen molar-refractivity contribution in [3.8, 4) is 0 Å². The normalized spacial score (nSPS) is 16.3. The summed E-state index contributed by atoms with van der Waals surface area (Å²) >= 11 is 0. The number of hydrogen-bond acceptors (Lipinski definition) is 4. The Morgan fingerprint density at radius 1 is 1.47 bits per heavy atom. The van der Waals surface area contributed by atoms with Crippen LogP contribution in [0.1, 0.15) is 32.3 Å². The number of allylic oxidation sites excluding steroid dienone is 1. The number of rotatable bonds is 6. The van der Waals surface area contributed by atoms with Crippen molar-refractivity contribution in [1.82, 2.24) is 5.32 Å². The number of nitrogens with one attached hydrogen (secondary N) is 1. The molecule has 2 N–H and O–H groups in total. The molecule has 0 spiro atoms. The number of carboxylic acid groups (broad SMARTS) is 1. The highest BCUT2D eigenvalue weighted by Crippen LogP contribution is 2.14. The van der Waals surface area contributed by atoms with E-state index in [1.165, 1.54) is 6.92 Å². The van der Waals surface area contributed by atoms with E-state index in [2.05, 4.69) is 5.32 Å². The van der Waals surface area contributed by atoms with Crippen LogP contribution in [0.15, 0.2) is 42.0 Å². The molecule has 1 aromatic rings. The average molecular weight is 268 g/mol. The van der Waals surface area contributed by atoms with Crippen molar-refractivity contribution in [2.45, 2.75) is 19.9 Å². The van der Waals surface area contributed by atoms with Crippen molar-refractivity contribution in [2.24, 2.45) is 0 Å². The van der Waals surface area contributed by atoms with Gasteiger partial charge in [0.15, 0.2) is 0 Å². The highest BCUT2D eigenvalue weighted by atomic mass is 16.5. The van der Waals surface area contributed by atoms with Crippen LogP contribution in [0.3, 0.4) is 0 Å². The average Bonchev–Trinajstić information content (AvgIpc) is 2.50. The Hall–Kier alpha value is -2.30. The third-order valence-electron chi connectivity index (χ3n) is 2.05. The lowest BCUT2D eigenvalue weighted by molar-refractivity contribution is -0.140. The zero-order valence-electron chi connectivity index (χ0n) is 15.5. The quantitative estimate of drug-likeness (QED) is 0.608. The number of hydrogen-bond donors (Lipinski definition) is 2. The van der Waals surface area contributed by atoms with Gasteiger partial charge in [-0.25, -0.2) is 9.59 Å². The van der Waals surface area contributed by atoms with Crippen molar-refractivity contribution in [3.05, 3.63) is 47.5 Å². The lowest BCUT2D eigenvalue weighted by Crippen LogP contribution is -2.27. The SMILES string of the molecule is [2H]c1c([2H])c([2H])c([C@@H](N/C(C)=C/C(=O)OCC)C(=O)O)c([2H])c1[2H]. The fraction of sp³-hybridized carbons (Fsp3) is 0.286. The molecule has 0 saturated carbocycles. The van der Waals surface area contributed by atoms with Crippen molar-refractivity contribution in [1.29, 1.82) is 0 Å². The van der Waals surface area contributed by atoms with Gasteiger partial charge in [-0.3, -0.25) is 0 Å². The zero-order valence-corrected chi connectivity index (χ0v) is 10.5. The van der Waals surface area contributed by atoms with Crippen LogP contribution in [-0.4, -0.2) is 23.7 Å². The van der Waals surface area contributed by atoms with E-state index in [4.69, 9.17) is 11.6 Å². The first-order valence-electron chi connectivity index (χ1n) is 8.03. The molecule has 19 heavy (non-hydrogen) atoms. The van der Waals surface area contributed by atoms with E-state index in [-0.39, 0.29) is 12.3 Å². The molecule has 0 aliphatic carbocycles. The summed E-state index contributed by atoms with van der Waals surface area (Å²) in [6.45, 7) is 3.16. The van der Waals surface area contributed by atoms with E-state index in [1.54, 1.807) is 6.92 Å². The van der Waals surface area contributed by atoms with E-state index in [1.807, 2.05) is 0 Å². The minimum atomic E-state index is -1.62. The summed E-state index contributed by atoms with van der Waals surface area (Å²) in [6, 6.07) is -4.74. The second-order valence-electron chi connectivity index (χ2n) is 3.53. The fourth-order valence-corrected chi connectivity index (χ4v) is 1.29. The standard InChI is InChI=1S/C14H17NO4/c1-3-19-12(16)9-10(2)15-13(14(17)18)11-7-5-4-6-8-11/h4-9,13,15H,3H2,1-2H3,(H,17,18)/b10-9+/t13-/m1/s1/i4D,5D,6D,7D,8D. The molecule has 0 radical (unpaired) electrons. The molecule has 1 atom stereocenters. The molecular weight excluding hydrogens is 246 g/mol. The van der Waals surface area contributed by atoms with Crippen molar-refractivity contribution >= 4 is 11.9 Å². The molecule has 0 heterocycles. The van der Waals surface area contributed by atoms with Gasteiger partial charge in [-0.05, 0) is 19.4 Å². The number of carbonyl (C=O) groups excluding carboxylic acids is 1. The Kier molecular flexibility index (Phi) is 3.31. The fourth-order valence-electron chi connectivity index (χ4n) is 1.29. The highest BCUT2D eigenvalue weighted by Gasteiger charge is 2.19. The third-order valence-corrected chi connectivity index (χ3v) is 2.05. The summed E-state index contributed by atoms with van der Waals surface area (Å²) in [5.41, 5.74) is -0.294. The Labute approximate surface area is 118 Å². The first-order valence-corrected chi connectivity index (χ1v) is 5.53. The first kappa shape index (κ1) is 8.74. The topological polar surface area (TPSA) is 75.6 Å². The molecular formula is C14H17NO4. The van der Waals surface area contributed by atoms with Gasteiger partial charge < -0.3 is 15.2 Å². The summed E-state index contributed by atoms with van der Waals surface area (Å²) in [7, 11) is 0. The van der Waals surface area contributed by atoms with Crippen LogP contribution in [0.2, 0.25) is 0 Å². The summed E-state index contributed by atoms with van der Waals surface area (Å²) < 4.78 is 43.1. The van der Waals surface area contributed by atoms with E-state index in [0.717, 1.165) is 6.08 Å². The molecule has 0 bridgehead atoms. The highest BCUT2D eigenvalue weighted by molar-refractivity contribution is 5.83. The Balaban J connectivity index is 3.34. The van der Waals surface area contributed by atoms with Crippen molar-refractivity contribution in [2.75, 3.05) is 6.61 Å². The molecule has 0 saturated heterocycles. The van der Waals surface area contributed by atoms with Gasteiger partial charge in [0.05, 0.1) is 13.5 Å². The minimum Gasteiger partial charge on any atom is -0.479 e. The van der Waals surface area contributed by atoms with Gasteiger partial charge >= 0.3 is 11.9 Å². The predicted molar refractivity (Wildman–Crippen MR) is 70.3 cm³/mol. The van der Waals surface area contributed by atoms with E-state index >= 15 is 0 Å². The molecule has 1 rings (SSSR count). The summed E-state index contributed by atoms with van der Waals surface area (Å²) in [5.74, 6) is -2.14. The second-order valence-corrected chi connectivity index (χ2v) is 3.53. The number of carbonyl (C=O) groups is 2. The van der Waals surface area contributed by atoms with Gasteiger partial charge in [-0.15, -0.1) is 0 Å². The van der Waals surface area contributed by atoms with Crippen LogP contribution in [0.4, 0.5) is 0 Å². The smallest absolute Gasteiger partial charge is 0.332 e. The number of aliphatic carboxylic acids is 1. The second kappa shape index (κ2) is 7.20. The minimum absolute atomic E-state index is 0.118. The lowest BCUT2D eigenvalue weighted by atomic mass is 10.1. The Bertz CT molecular complexity index is 676. The van der Waals surface area contributed by atoms with E-state index < -0.39 is 53.8 Å². The summed E-state index contributed by atoms with van der Waals surface area (Å²) in [5, 5.41) is 11.8. The predicted octanol–water partition coefficient (Wildman–Crippen LogP) is 1.87. The van der Waals surface area contributed by atoms with Crippen molar-refractivity contribution in [3.63, 3.8) is 0 Å². The van der Waals surface area contributed by atoms with Crippen LogP contribution in [0.5, 0.6) is 0 Å². The maximum Gasteiger partial charge on any atom is 0.332 e. The van der Waals surface area contributed by atoms with Crippen LogP contribution < -0.4 is 5.32 Å². The van der Waals surface area contributed by atoms with Gasteiger partial charge in [0.1, 0.15) is 6.04 Å². The third kappa shape index (κ3) is 4.83. The van der Waals surface area contributed by atoms with Crippen LogP contribution in [0, 0.1) is 0 Å². The number of benzene rings is 1. The van der Waals surface area contributed by atoms with Crippen LogP contribution in [-0.2, 0) is 14.3 Å². The Morgan fingerprint density at radius 2 is 2.11 bits per heavy atom. The molecule has 0 unspecified atom stereocenters. The molecule has 0 aliphatic heterocycles. The zero-order chi connectivity index (χ0) is 18.6. The van der Waals surface area contributed by atoms with Crippen LogP contribution >= 0.6 is 0 Å². The van der Waals surface area contributed by atoms with Crippen LogP contribution in [0.25, 0.3) is 0 Å². The lowest BCUT2D eigenvalue weighted by Gasteiger charge is -2.16. The number of carboxylic acids is 1. The molecule has 0 aromatic heterocycles. The molecule has 0 fully saturated rings. The molecule has 5 heteroatoms.